The molecule has 0 spiro atoms. The molecule has 1 unspecified atom stereocenters. The second-order valence-electron chi connectivity index (χ2n) is 7.38. The van der Waals surface area contributed by atoms with E-state index in [2.05, 4.69) is 5.32 Å². The SMILES string of the molecule is O=C(NC1(C(=O)O)CCCCC1)C1CC(=O)N(c2ccc3c(c2)OCO3)C1. The number of aliphatic carboxylic acids is 1. The van der Waals surface area contributed by atoms with Crippen LogP contribution in [0.2, 0.25) is 0 Å². The Morgan fingerprint density at radius 3 is 2.63 bits per heavy atom. The van der Waals surface area contributed by atoms with Gasteiger partial charge in [0.2, 0.25) is 18.6 Å². The first-order valence-electron chi connectivity index (χ1n) is 9.24. The molecule has 4 rings (SSSR count). The number of hydrogen-bond donors (Lipinski definition) is 2. The Bertz CT molecular complexity index is 786. The number of carbonyl (C=O) groups excluding carboxylic acids is 2. The van der Waals surface area contributed by atoms with Gasteiger partial charge >= 0.3 is 5.97 Å². The first-order chi connectivity index (χ1) is 13.0. The molecule has 2 aliphatic heterocycles. The van der Waals surface area contributed by atoms with E-state index < -0.39 is 17.4 Å². The zero-order chi connectivity index (χ0) is 19.0. The fourth-order valence-electron chi connectivity index (χ4n) is 4.07. The number of rotatable bonds is 4. The molecular formula is C19H22N2O6. The summed E-state index contributed by atoms with van der Waals surface area (Å²) in [5.74, 6) is -0.896. The van der Waals surface area contributed by atoms with Crippen LogP contribution in [0, 0.1) is 5.92 Å². The molecule has 1 aliphatic carbocycles. The number of fused-ring (bicyclic) bond motifs is 1. The minimum atomic E-state index is -1.20. The van der Waals surface area contributed by atoms with Crippen molar-refractivity contribution < 1.29 is 29.0 Å². The average molecular weight is 374 g/mol. The molecule has 8 nitrogen and oxygen atoms in total. The van der Waals surface area contributed by atoms with Crippen molar-refractivity contribution in [3.63, 3.8) is 0 Å². The summed E-state index contributed by atoms with van der Waals surface area (Å²) in [7, 11) is 0. The van der Waals surface area contributed by atoms with Crippen molar-refractivity contribution in [1.29, 1.82) is 0 Å². The third-order valence-corrected chi connectivity index (χ3v) is 5.64. The summed E-state index contributed by atoms with van der Waals surface area (Å²) in [5.41, 5.74) is -0.560. The molecule has 1 aromatic carbocycles. The molecule has 2 heterocycles. The molecule has 2 amide bonds. The summed E-state index contributed by atoms with van der Waals surface area (Å²) in [6.45, 7) is 0.370. The Morgan fingerprint density at radius 1 is 1.15 bits per heavy atom. The van der Waals surface area contributed by atoms with Crippen molar-refractivity contribution >= 4 is 23.5 Å². The molecular weight excluding hydrogens is 352 g/mol. The van der Waals surface area contributed by atoms with Gasteiger partial charge in [-0.05, 0) is 25.0 Å². The molecule has 3 aliphatic rings. The molecule has 8 heteroatoms. The van der Waals surface area contributed by atoms with Crippen molar-refractivity contribution in [2.45, 2.75) is 44.1 Å². The van der Waals surface area contributed by atoms with E-state index in [0.29, 0.717) is 30.0 Å². The molecule has 1 atom stereocenters. The normalized spacial score (nSPS) is 23.3. The largest absolute Gasteiger partial charge is 0.480 e. The van der Waals surface area contributed by atoms with Gasteiger partial charge in [-0.2, -0.15) is 0 Å². The van der Waals surface area contributed by atoms with Crippen LogP contribution in [0.25, 0.3) is 0 Å². The fourth-order valence-corrected chi connectivity index (χ4v) is 4.07. The molecule has 0 bridgehead atoms. The van der Waals surface area contributed by atoms with Crippen molar-refractivity contribution in [3.05, 3.63) is 18.2 Å². The zero-order valence-electron chi connectivity index (χ0n) is 14.9. The summed E-state index contributed by atoms with van der Waals surface area (Å²) in [6.07, 6.45) is 3.46. The van der Waals surface area contributed by atoms with Crippen LogP contribution in [0.15, 0.2) is 18.2 Å². The standard InChI is InChI=1S/C19H22N2O6/c22-16-8-12(17(23)20-19(18(24)25)6-2-1-3-7-19)10-21(16)13-4-5-14-15(9-13)27-11-26-14/h4-5,9,12H,1-3,6-8,10-11H2,(H,20,23)(H,24,25). The van der Waals surface area contributed by atoms with Gasteiger partial charge in [-0.3, -0.25) is 9.59 Å². The molecule has 1 saturated carbocycles. The van der Waals surface area contributed by atoms with E-state index in [1.54, 1.807) is 23.1 Å². The number of amides is 2. The minimum absolute atomic E-state index is 0.0655. The van der Waals surface area contributed by atoms with E-state index >= 15 is 0 Å². The fraction of sp³-hybridized carbons (Fsp3) is 0.526. The van der Waals surface area contributed by atoms with E-state index in [1.165, 1.54) is 0 Å². The van der Waals surface area contributed by atoms with Gasteiger partial charge in [0.05, 0.1) is 5.92 Å². The van der Waals surface area contributed by atoms with Crippen LogP contribution in [0.5, 0.6) is 11.5 Å². The predicted molar refractivity (Wildman–Crippen MR) is 94.6 cm³/mol. The number of anilines is 1. The average Bonchev–Trinajstić information content (AvgIpc) is 3.28. The Balaban J connectivity index is 1.47. The van der Waals surface area contributed by atoms with E-state index in [0.717, 1.165) is 19.3 Å². The van der Waals surface area contributed by atoms with E-state index in [1.807, 2.05) is 0 Å². The van der Waals surface area contributed by atoms with Crippen molar-refractivity contribution in [3.8, 4) is 11.5 Å². The quantitative estimate of drug-likeness (QED) is 0.831. The second-order valence-corrected chi connectivity index (χ2v) is 7.38. The van der Waals surface area contributed by atoms with Crippen molar-refractivity contribution in [2.75, 3.05) is 18.2 Å². The Hall–Kier alpha value is -2.77. The van der Waals surface area contributed by atoms with Crippen LogP contribution in [-0.2, 0) is 14.4 Å². The maximum Gasteiger partial charge on any atom is 0.329 e. The number of nitrogens with one attached hydrogen (secondary N) is 1. The van der Waals surface area contributed by atoms with Crippen molar-refractivity contribution in [2.24, 2.45) is 5.92 Å². The van der Waals surface area contributed by atoms with Gasteiger partial charge in [0.25, 0.3) is 0 Å². The lowest BCUT2D eigenvalue weighted by atomic mass is 9.81. The number of ether oxygens (including phenoxy) is 2. The van der Waals surface area contributed by atoms with Crippen molar-refractivity contribution in [1.82, 2.24) is 5.32 Å². The number of carbonyl (C=O) groups is 3. The molecule has 0 aromatic heterocycles. The van der Waals surface area contributed by atoms with Gasteiger partial charge in [-0.25, -0.2) is 4.79 Å². The van der Waals surface area contributed by atoms with E-state index in [9.17, 15) is 19.5 Å². The lowest BCUT2D eigenvalue weighted by Gasteiger charge is -2.34. The summed E-state index contributed by atoms with van der Waals surface area (Å²) >= 11 is 0. The van der Waals surface area contributed by atoms with Gasteiger partial charge < -0.3 is 24.8 Å². The number of carboxylic acid groups (broad SMARTS) is 1. The molecule has 1 saturated heterocycles. The number of benzene rings is 1. The Labute approximate surface area is 156 Å². The highest BCUT2D eigenvalue weighted by atomic mass is 16.7. The second kappa shape index (κ2) is 6.75. The van der Waals surface area contributed by atoms with Gasteiger partial charge in [0.1, 0.15) is 5.54 Å². The van der Waals surface area contributed by atoms with E-state index in [4.69, 9.17) is 9.47 Å². The topological polar surface area (TPSA) is 105 Å². The van der Waals surface area contributed by atoms with Gasteiger partial charge in [0, 0.05) is 24.7 Å². The maximum atomic E-state index is 12.7. The monoisotopic (exact) mass is 374 g/mol. The molecule has 1 aromatic rings. The molecule has 144 valence electrons. The highest BCUT2D eigenvalue weighted by Gasteiger charge is 2.44. The molecule has 27 heavy (non-hydrogen) atoms. The number of hydrogen-bond acceptors (Lipinski definition) is 5. The van der Waals surface area contributed by atoms with Crippen LogP contribution in [0.3, 0.4) is 0 Å². The summed E-state index contributed by atoms with van der Waals surface area (Å²) in [5, 5.41) is 12.4. The first-order valence-corrected chi connectivity index (χ1v) is 9.24. The molecule has 2 fully saturated rings. The van der Waals surface area contributed by atoms with Crippen LogP contribution in [-0.4, -0.2) is 41.8 Å². The molecule has 2 N–H and O–H groups in total. The highest BCUT2D eigenvalue weighted by molar-refractivity contribution is 6.01. The smallest absolute Gasteiger partial charge is 0.329 e. The minimum Gasteiger partial charge on any atom is -0.480 e. The number of nitrogens with zero attached hydrogens (tertiary/aromatic N) is 1. The van der Waals surface area contributed by atoms with Crippen LogP contribution in [0.4, 0.5) is 5.69 Å². The van der Waals surface area contributed by atoms with Crippen LogP contribution < -0.4 is 19.7 Å². The highest BCUT2D eigenvalue weighted by Crippen LogP contribution is 2.37. The Morgan fingerprint density at radius 2 is 1.89 bits per heavy atom. The van der Waals surface area contributed by atoms with Gasteiger partial charge in [0.15, 0.2) is 11.5 Å². The third kappa shape index (κ3) is 3.20. The number of carboxylic acids is 1. The van der Waals surface area contributed by atoms with E-state index in [-0.39, 0.29) is 31.6 Å². The summed E-state index contributed by atoms with van der Waals surface area (Å²) < 4.78 is 10.6. The third-order valence-electron chi connectivity index (χ3n) is 5.64. The van der Waals surface area contributed by atoms with Crippen LogP contribution in [0.1, 0.15) is 38.5 Å². The Kier molecular flexibility index (Phi) is 4.41. The first kappa shape index (κ1) is 17.6. The maximum absolute atomic E-state index is 12.7. The lowest BCUT2D eigenvalue weighted by molar-refractivity contribution is -0.149. The van der Waals surface area contributed by atoms with Gasteiger partial charge in [-0.15, -0.1) is 0 Å². The zero-order valence-corrected chi connectivity index (χ0v) is 14.9. The predicted octanol–water partition coefficient (Wildman–Crippen LogP) is 1.67. The molecule has 0 radical (unpaired) electrons. The summed E-state index contributed by atoms with van der Waals surface area (Å²) in [4.78, 5) is 38.5. The lowest BCUT2D eigenvalue weighted by Crippen LogP contribution is -2.57. The van der Waals surface area contributed by atoms with Crippen LogP contribution >= 0.6 is 0 Å². The summed E-state index contributed by atoms with van der Waals surface area (Å²) in [6, 6.07) is 5.21. The van der Waals surface area contributed by atoms with Gasteiger partial charge in [-0.1, -0.05) is 19.3 Å².